The molecule has 5 rings (SSSR count). The minimum Gasteiger partial charge on any atom is -0.507 e. The van der Waals surface area contributed by atoms with Gasteiger partial charge in [0.2, 0.25) is 17.8 Å². The Morgan fingerprint density at radius 2 is 1.83 bits per heavy atom. The van der Waals surface area contributed by atoms with E-state index in [1.807, 2.05) is 49.3 Å². The maximum atomic E-state index is 10.8. The maximum Gasteiger partial charge on any atom is 0.245 e. The second-order valence-corrected chi connectivity index (χ2v) is 10.7. The first-order chi connectivity index (χ1) is 16.5. The Morgan fingerprint density at radius 1 is 1.09 bits per heavy atom. The lowest BCUT2D eigenvalue weighted by atomic mass is 9.79. The Bertz CT molecular complexity index is 1360. The van der Waals surface area contributed by atoms with E-state index in [0.717, 1.165) is 29.6 Å². The van der Waals surface area contributed by atoms with Crippen LogP contribution in [0.25, 0.3) is 28.0 Å². The van der Waals surface area contributed by atoms with Gasteiger partial charge in [-0.25, -0.2) is 9.67 Å². The number of aromatic hydroxyl groups is 1. The van der Waals surface area contributed by atoms with Crippen molar-refractivity contribution in [3.05, 3.63) is 42.9 Å². The van der Waals surface area contributed by atoms with Crippen molar-refractivity contribution in [1.29, 1.82) is 0 Å². The van der Waals surface area contributed by atoms with E-state index in [2.05, 4.69) is 63.4 Å². The van der Waals surface area contributed by atoms with Gasteiger partial charge in [-0.2, -0.15) is 4.57 Å². The van der Waals surface area contributed by atoms with Gasteiger partial charge in [0.1, 0.15) is 17.0 Å². The zero-order valence-corrected chi connectivity index (χ0v) is 21.1. The largest absolute Gasteiger partial charge is 0.507 e. The van der Waals surface area contributed by atoms with Crippen LogP contribution >= 0.6 is 0 Å². The highest BCUT2D eigenvalue weighted by Gasteiger charge is 2.39. The molecule has 3 aromatic heterocycles. The quantitative estimate of drug-likeness (QED) is 0.435. The number of aromatic nitrogens is 7. The summed E-state index contributed by atoms with van der Waals surface area (Å²) in [6.45, 7) is 8.92. The Kier molecular flexibility index (Phi) is 5.43. The summed E-state index contributed by atoms with van der Waals surface area (Å²) in [4.78, 5) is 6.70. The average molecular weight is 475 g/mol. The van der Waals surface area contributed by atoms with Crippen molar-refractivity contribution in [2.24, 2.45) is 7.05 Å². The fourth-order valence-electron chi connectivity index (χ4n) is 5.29. The first-order valence-electron chi connectivity index (χ1n) is 11.8. The van der Waals surface area contributed by atoms with Gasteiger partial charge >= 0.3 is 0 Å². The topological polar surface area (TPSA) is 109 Å². The SMILES string of the molecule is CN(c1ncc(-c2ccc(-[n+]3ccc4nnn(C)c4c3)cc2O)nn1)C1CC(C)(C)NC(C)(C)C1. The van der Waals surface area contributed by atoms with Crippen LogP contribution in [0.3, 0.4) is 0 Å². The lowest BCUT2D eigenvalue weighted by molar-refractivity contribution is -0.594. The van der Waals surface area contributed by atoms with Gasteiger partial charge in [0.05, 0.1) is 12.3 Å². The molecular weight excluding hydrogens is 442 g/mol. The first-order valence-corrected chi connectivity index (χ1v) is 11.8. The van der Waals surface area contributed by atoms with Gasteiger partial charge in [0.25, 0.3) is 0 Å². The predicted molar refractivity (Wildman–Crippen MR) is 133 cm³/mol. The van der Waals surface area contributed by atoms with Crippen LogP contribution in [-0.2, 0) is 7.05 Å². The molecule has 0 atom stereocenters. The Labute approximate surface area is 204 Å². The number of phenols is 1. The summed E-state index contributed by atoms with van der Waals surface area (Å²) in [5, 5.41) is 31.4. The van der Waals surface area contributed by atoms with E-state index in [1.54, 1.807) is 16.9 Å². The Morgan fingerprint density at radius 3 is 2.49 bits per heavy atom. The van der Waals surface area contributed by atoms with E-state index in [1.165, 1.54) is 0 Å². The van der Waals surface area contributed by atoms with Gasteiger partial charge < -0.3 is 15.3 Å². The molecule has 4 heterocycles. The molecule has 0 spiro atoms. The van der Waals surface area contributed by atoms with Crippen molar-refractivity contribution in [3.8, 4) is 22.7 Å². The highest BCUT2D eigenvalue weighted by Crippen LogP contribution is 2.33. The fraction of sp³-hybridized carbons (Fsp3) is 0.440. The van der Waals surface area contributed by atoms with Crippen LogP contribution in [0.15, 0.2) is 42.9 Å². The normalized spacial score (nSPS) is 17.5. The molecule has 0 bridgehead atoms. The molecule has 0 saturated carbocycles. The lowest BCUT2D eigenvalue weighted by Gasteiger charge is -2.48. The second-order valence-electron chi connectivity index (χ2n) is 10.7. The monoisotopic (exact) mass is 474 g/mol. The van der Waals surface area contributed by atoms with Crippen molar-refractivity contribution in [2.75, 3.05) is 11.9 Å². The van der Waals surface area contributed by atoms with Gasteiger partial charge in [0.15, 0.2) is 11.7 Å². The summed E-state index contributed by atoms with van der Waals surface area (Å²) in [6, 6.07) is 7.64. The van der Waals surface area contributed by atoms with E-state index in [4.69, 9.17) is 0 Å². The molecule has 1 saturated heterocycles. The van der Waals surface area contributed by atoms with Gasteiger partial charge in [-0.1, -0.05) is 5.21 Å². The Balaban J connectivity index is 1.37. The van der Waals surface area contributed by atoms with E-state index >= 15 is 0 Å². The van der Waals surface area contributed by atoms with Gasteiger partial charge in [-0.05, 0) is 46.6 Å². The van der Waals surface area contributed by atoms with E-state index in [9.17, 15) is 5.11 Å². The molecule has 1 fully saturated rings. The number of fused-ring (bicyclic) bond motifs is 1. The van der Waals surface area contributed by atoms with Crippen molar-refractivity contribution in [3.63, 3.8) is 0 Å². The number of piperidine rings is 1. The fourth-order valence-corrected chi connectivity index (χ4v) is 5.29. The minimum atomic E-state index is 0.0252. The Hall–Kier alpha value is -3.66. The molecule has 1 aliphatic rings. The van der Waals surface area contributed by atoms with Crippen LogP contribution < -0.4 is 14.8 Å². The standard InChI is InChI=1S/C25H31N9O/c1-24(2)12-17(13-25(3,4)30-24)32(5)23-26-14-20(27-29-23)18-8-7-16(11-22(18)35)34-10-9-19-21(15-34)33(6)31-28-19/h7-11,14-15,17,30H,12-13H2,1-6H3/p+1. The van der Waals surface area contributed by atoms with Crippen molar-refractivity contribution in [1.82, 2.24) is 35.5 Å². The molecule has 0 radical (unpaired) electrons. The lowest BCUT2D eigenvalue weighted by Crippen LogP contribution is -2.62. The molecular formula is C25H32N9O+. The average Bonchev–Trinajstić information content (AvgIpc) is 3.17. The number of phenolic OH excluding ortho intramolecular Hbond substituents is 1. The highest BCUT2D eigenvalue weighted by molar-refractivity contribution is 5.72. The summed E-state index contributed by atoms with van der Waals surface area (Å²) in [5.41, 5.74) is 3.67. The number of hydrogen-bond donors (Lipinski definition) is 2. The highest BCUT2D eigenvalue weighted by atomic mass is 16.3. The second kappa shape index (κ2) is 8.23. The number of benzene rings is 1. The van der Waals surface area contributed by atoms with Crippen LogP contribution in [-0.4, -0.2) is 59.4 Å². The summed E-state index contributed by atoms with van der Waals surface area (Å²) in [5.74, 6) is 0.689. The zero-order chi connectivity index (χ0) is 25.0. The summed E-state index contributed by atoms with van der Waals surface area (Å²) in [7, 11) is 3.87. The first kappa shape index (κ1) is 23.1. The van der Waals surface area contributed by atoms with E-state index in [0.29, 0.717) is 23.2 Å². The van der Waals surface area contributed by atoms with Gasteiger partial charge in [0, 0.05) is 48.9 Å². The number of hydrogen-bond acceptors (Lipinski definition) is 8. The predicted octanol–water partition coefficient (Wildman–Crippen LogP) is 2.55. The van der Waals surface area contributed by atoms with Gasteiger partial charge in [-0.15, -0.1) is 15.3 Å². The van der Waals surface area contributed by atoms with Crippen molar-refractivity contribution >= 4 is 17.0 Å². The van der Waals surface area contributed by atoms with Crippen LogP contribution in [0.2, 0.25) is 0 Å². The van der Waals surface area contributed by atoms with Crippen LogP contribution in [0.5, 0.6) is 5.75 Å². The molecule has 2 N–H and O–H groups in total. The third kappa shape index (κ3) is 4.53. The molecule has 1 aromatic carbocycles. The van der Waals surface area contributed by atoms with E-state index < -0.39 is 0 Å². The third-order valence-electron chi connectivity index (χ3n) is 6.69. The molecule has 0 aliphatic carbocycles. The summed E-state index contributed by atoms with van der Waals surface area (Å²) in [6.07, 6.45) is 7.46. The number of pyridine rings is 1. The summed E-state index contributed by atoms with van der Waals surface area (Å²) >= 11 is 0. The van der Waals surface area contributed by atoms with Crippen molar-refractivity contribution in [2.45, 2.75) is 57.7 Å². The number of anilines is 1. The third-order valence-corrected chi connectivity index (χ3v) is 6.69. The molecule has 10 heteroatoms. The molecule has 35 heavy (non-hydrogen) atoms. The van der Waals surface area contributed by atoms with Crippen LogP contribution in [0.1, 0.15) is 40.5 Å². The molecule has 182 valence electrons. The number of aryl methyl sites for hydroxylation is 1. The zero-order valence-electron chi connectivity index (χ0n) is 21.1. The molecule has 0 amide bonds. The molecule has 10 nitrogen and oxygen atoms in total. The van der Waals surface area contributed by atoms with Crippen molar-refractivity contribution < 1.29 is 9.67 Å². The van der Waals surface area contributed by atoms with Crippen LogP contribution in [0, 0.1) is 0 Å². The number of rotatable bonds is 4. The smallest absolute Gasteiger partial charge is 0.245 e. The molecule has 0 unspecified atom stereocenters. The number of nitrogens with zero attached hydrogens (tertiary/aromatic N) is 8. The van der Waals surface area contributed by atoms with E-state index in [-0.39, 0.29) is 16.8 Å². The van der Waals surface area contributed by atoms with Gasteiger partial charge in [-0.3, -0.25) is 0 Å². The number of nitrogens with one attached hydrogen (secondary N) is 1. The summed E-state index contributed by atoms with van der Waals surface area (Å²) < 4.78 is 3.63. The molecule has 4 aromatic rings. The van der Waals surface area contributed by atoms with Crippen LogP contribution in [0.4, 0.5) is 5.95 Å². The molecule has 1 aliphatic heterocycles. The minimum absolute atomic E-state index is 0.0252. The maximum absolute atomic E-state index is 10.8.